The molecule has 3 aromatic rings. The van der Waals surface area contributed by atoms with Crippen LogP contribution in [0.2, 0.25) is 0 Å². The summed E-state index contributed by atoms with van der Waals surface area (Å²) < 4.78 is 0. The fourth-order valence-corrected chi connectivity index (χ4v) is 3.34. The van der Waals surface area contributed by atoms with E-state index in [0.717, 1.165) is 39.6 Å². The minimum atomic E-state index is 0.878. The van der Waals surface area contributed by atoms with Crippen LogP contribution in [0.1, 0.15) is 16.7 Å². The second-order valence-corrected chi connectivity index (χ2v) is 6.11. The lowest BCUT2D eigenvalue weighted by molar-refractivity contribution is 1.15. The summed E-state index contributed by atoms with van der Waals surface area (Å²) in [5, 5.41) is 7.47. The highest BCUT2D eigenvalue weighted by Gasteiger charge is 2.12. The second-order valence-electron chi connectivity index (χ2n) is 6.11. The number of aromatic amines is 1. The van der Waals surface area contributed by atoms with Crippen molar-refractivity contribution in [3.63, 3.8) is 0 Å². The smallest absolute Gasteiger partial charge is 0.127 e. The van der Waals surface area contributed by atoms with Gasteiger partial charge in [-0.25, -0.2) is 0 Å². The maximum absolute atomic E-state index is 4.29. The zero-order valence-corrected chi connectivity index (χ0v) is 15.9. The van der Waals surface area contributed by atoms with E-state index in [9.17, 15) is 0 Å². The molecule has 0 spiro atoms. The highest BCUT2D eigenvalue weighted by Crippen LogP contribution is 2.30. The van der Waals surface area contributed by atoms with Gasteiger partial charge in [0.1, 0.15) is 11.7 Å². The van der Waals surface area contributed by atoms with Crippen LogP contribution in [0.3, 0.4) is 0 Å². The van der Waals surface area contributed by atoms with E-state index in [1.54, 1.807) is 14.1 Å². The molecule has 1 aromatic heterocycles. The molecule has 0 radical (unpaired) electrons. The Morgan fingerprint density at radius 1 is 0.846 bits per heavy atom. The molecular weight excluding hydrogens is 322 g/mol. The summed E-state index contributed by atoms with van der Waals surface area (Å²) >= 11 is 0. The molecule has 0 aliphatic heterocycles. The minimum Gasteiger partial charge on any atom is -0.373 e. The lowest BCUT2D eigenvalue weighted by atomic mass is 10.0. The number of rotatable bonds is 3. The molecule has 26 heavy (non-hydrogen) atoms. The number of H-pyrrole nitrogens is 1. The molecule has 0 atom stereocenters. The van der Waals surface area contributed by atoms with E-state index >= 15 is 0 Å². The molecule has 0 amide bonds. The third-order valence-corrected chi connectivity index (χ3v) is 4.70. The van der Waals surface area contributed by atoms with Crippen LogP contribution in [-0.4, -0.2) is 44.8 Å². The number of aromatic nitrogens is 1. The number of nitrogens with zero attached hydrogens (tertiary/aromatic N) is 2. The predicted octanol–water partition coefficient (Wildman–Crippen LogP) is 3.33. The van der Waals surface area contributed by atoms with Gasteiger partial charge in [-0.15, -0.1) is 0 Å². The van der Waals surface area contributed by atoms with Crippen LogP contribution in [-0.2, 0) is 0 Å². The van der Waals surface area contributed by atoms with E-state index in [-0.39, 0.29) is 0 Å². The summed E-state index contributed by atoms with van der Waals surface area (Å²) in [5.41, 5.74) is 6.81. The summed E-state index contributed by atoms with van der Waals surface area (Å²) in [6, 6.07) is 14.8. The van der Waals surface area contributed by atoms with Gasteiger partial charge in [-0.2, -0.15) is 0 Å². The molecule has 3 N–H and O–H groups in total. The number of hydrogen-bond donors (Lipinski definition) is 3. The van der Waals surface area contributed by atoms with E-state index in [4.69, 9.17) is 0 Å². The van der Waals surface area contributed by atoms with E-state index in [0.29, 0.717) is 0 Å². The van der Waals surface area contributed by atoms with Crippen LogP contribution in [0.25, 0.3) is 22.2 Å². The third kappa shape index (κ3) is 3.08. The zero-order valence-electron chi connectivity index (χ0n) is 15.9. The predicted molar refractivity (Wildman–Crippen MR) is 112 cm³/mol. The van der Waals surface area contributed by atoms with Gasteiger partial charge in [0.05, 0.1) is 0 Å². The molecule has 0 aliphatic carbocycles. The Morgan fingerprint density at radius 3 is 2.00 bits per heavy atom. The summed E-state index contributed by atoms with van der Waals surface area (Å²) in [7, 11) is 7.35. The third-order valence-electron chi connectivity index (χ3n) is 4.70. The molecule has 0 aliphatic rings. The van der Waals surface area contributed by atoms with E-state index in [2.05, 4.69) is 75.0 Å². The summed E-state index contributed by atoms with van der Waals surface area (Å²) in [6.07, 6.45) is 0. The Hall–Kier alpha value is -3.08. The zero-order chi connectivity index (χ0) is 18.7. The molecule has 2 aromatic carbocycles. The van der Waals surface area contributed by atoms with Gasteiger partial charge >= 0.3 is 0 Å². The molecule has 0 saturated heterocycles. The summed E-state index contributed by atoms with van der Waals surface area (Å²) in [6.45, 7) is 2.15. The van der Waals surface area contributed by atoms with Gasteiger partial charge in [0.15, 0.2) is 0 Å². The van der Waals surface area contributed by atoms with Crippen molar-refractivity contribution in [2.75, 3.05) is 28.2 Å². The number of nitrogens with one attached hydrogen (secondary N) is 3. The van der Waals surface area contributed by atoms with Crippen molar-refractivity contribution in [2.24, 2.45) is 9.98 Å². The largest absolute Gasteiger partial charge is 0.373 e. The molecule has 1 heterocycles. The van der Waals surface area contributed by atoms with Crippen LogP contribution < -0.4 is 10.6 Å². The molecular formula is C21H25N5. The maximum atomic E-state index is 4.29. The highest BCUT2D eigenvalue weighted by atomic mass is 15.0. The molecule has 3 rings (SSSR count). The van der Waals surface area contributed by atoms with E-state index in [1.165, 1.54) is 10.9 Å². The van der Waals surface area contributed by atoms with Crippen LogP contribution >= 0.6 is 0 Å². The van der Waals surface area contributed by atoms with Gasteiger partial charge in [-0.3, -0.25) is 9.98 Å². The fraction of sp³-hybridized carbons (Fsp3) is 0.238. The van der Waals surface area contributed by atoms with Gasteiger partial charge in [0.25, 0.3) is 0 Å². The first-order valence-corrected chi connectivity index (χ1v) is 8.65. The van der Waals surface area contributed by atoms with Crippen molar-refractivity contribution < 1.29 is 0 Å². The number of benzene rings is 2. The lowest BCUT2D eigenvalue weighted by Gasteiger charge is -2.06. The average Bonchev–Trinajstić information content (AvgIpc) is 3.00. The SMILES string of the molecule is CN=C(NC)c1ccc(-c2[nH]c3cc(C(=NC)NC)ccc3c2C)cc1. The van der Waals surface area contributed by atoms with Crippen molar-refractivity contribution in [1.29, 1.82) is 0 Å². The first-order valence-electron chi connectivity index (χ1n) is 8.65. The Bertz CT molecular complexity index is 978. The van der Waals surface area contributed by atoms with Crippen LogP contribution in [0.15, 0.2) is 52.4 Å². The fourth-order valence-electron chi connectivity index (χ4n) is 3.34. The minimum absolute atomic E-state index is 0.878. The average molecular weight is 347 g/mol. The number of fused-ring (bicyclic) bond motifs is 1. The number of aryl methyl sites for hydroxylation is 1. The number of hydrogen-bond acceptors (Lipinski definition) is 2. The van der Waals surface area contributed by atoms with Gasteiger partial charge in [0.2, 0.25) is 0 Å². The van der Waals surface area contributed by atoms with Gasteiger partial charge in [-0.1, -0.05) is 36.4 Å². The molecule has 5 nitrogen and oxygen atoms in total. The molecule has 0 bridgehead atoms. The van der Waals surface area contributed by atoms with Gasteiger partial charge in [0, 0.05) is 55.9 Å². The molecule has 0 saturated carbocycles. The first-order chi connectivity index (χ1) is 12.6. The Balaban J connectivity index is 2.04. The van der Waals surface area contributed by atoms with Crippen molar-refractivity contribution in [3.8, 4) is 11.3 Å². The number of aliphatic imine (C=N–C) groups is 2. The molecule has 0 fully saturated rings. The van der Waals surface area contributed by atoms with Crippen molar-refractivity contribution in [1.82, 2.24) is 15.6 Å². The van der Waals surface area contributed by atoms with E-state index in [1.807, 2.05) is 14.1 Å². The van der Waals surface area contributed by atoms with Crippen molar-refractivity contribution in [3.05, 3.63) is 59.2 Å². The maximum Gasteiger partial charge on any atom is 0.127 e. The summed E-state index contributed by atoms with van der Waals surface area (Å²) in [4.78, 5) is 12.1. The van der Waals surface area contributed by atoms with Crippen LogP contribution in [0.4, 0.5) is 0 Å². The van der Waals surface area contributed by atoms with Gasteiger partial charge in [-0.05, 0) is 24.1 Å². The monoisotopic (exact) mass is 347 g/mol. The molecule has 0 unspecified atom stereocenters. The van der Waals surface area contributed by atoms with Crippen molar-refractivity contribution in [2.45, 2.75) is 6.92 Å². The van der Waals surface area contributed by atoms with Crippen LogP contribution in [0.5, 0.6) is 0 Å². The number of amidine groups is 2. The van der Waals surface area contributed by atoms with E-state index < -0.39 is 0 Å². The first kappa shape index (κ1) is 17.7. The van der Waals surface area contributed by atoms with Crippen molar-refractivity contribution >= 4 is 22.6 Å². The standard InChI is InChI=1S/C21H25N5/c1-13-17-11-10-16(21(24-4)25-5)12-18(17)26-19(13)14-6-8-15(9-7-14)20(22-2)23-3/h6-12,26H,1-5H3,(H,22,23)(H,24,25). The van der Waals surface area contributed by atoms with Gasteiger partial charge < -0.3 is 15.6 Å². The summed E-state index contributed by atoms with van der Waals surface area (Å²) in [5.74, 6) is 1.76. The Kier molecular flexibility index (Phi) is 5.07. The highest BCUT2D eigenvalue weighted by molar-refractivity contribution is 6.03. The quantitative estimate of drug-likeness (QED) is 0.503. The van der Waals surface area contributed by atoms with Crippen LogP contribution in [0, 0.1) is 6.92 Å². The molecule has 134 valence electrons. The lowest BCUT2D eigenvalue weighted by Crippen LogP contribution is -2.19. The second kappa shape index (κ2) is 7.44. The Labute approximate surface area is 154 Å². The Morgan fingerprint density at radius 2 is 1.42 bits per heavy atom. The normalized spacial score (nSPS) is 12.5. The topological polar surface area (TPSA) is 64.6 Å². The molecule has 5 heteroatoms.